The average Bonchev–Trinajstić information content (AvgIpc) is 2.44. The predicted octanol–water partition coefficient (Wildman–Crippen LogP) is 3.15. The minimum Gasteiger partial charge on any atom is -0.480 e. The summed E-state index contributed by atoms with van der Waals surface area (Å²) < 4.78 is 18.5. The minimum atomic E-state index is -1.87. The molecule has 0 amide bonds. The maximum absolute atomic E-state index is 13.5. The lowest BCUT2D eigenvalue weighted by atomic mass is 9.73. The summed E-state index contributed by atoms with van der Waals surface area (Å²) in [4.78, 5) is 24.2. The SMILES string of the molecule is CCOC(=O)C(CC(C)CC)(C(=O)O)c1cccc(F)c1. The molecule has 0 aliphatic heterocycles. The highest BCUT2D eigenvalue weighted by Crippen LogP contribution is 2.35. The van der Waals surface area contributed by atoms with E-state index in [1.54, 1.807) is 6.92 Å². The molecule has 1 aromatic rings. The van der Waals surface area contributed by atoms with Crippen LogP contribution in [0.15, 0.2) is 24.3 Å². The maximum atomic E-state index is 13.5. The van der Waals surface area contributed by atoms with Crippen LogP contribution in [0.5, 0.6) is 0 Å². The van der Waals surface area contributed by atoms with Gasteiger partial charge in [-0.05, 0) is 37.0 Å². The van der Waals surface area contributed by atoms with Gasteiger partial charge >= 0.3 is 11.9 Å². The Morgan fingerprint density at radius 3 is 2.52 bits per heavy atom. The highest BCUT2D eigenvalue weighted by Gasteiger charge is 2.50. The first kappa shape index (κ1) is 17.1. The summed E-state index contributed by atoms with van der Waals surface area (Å²) in [6.07, 6.45) is 0.783. The van der Waals surface area contributed by atoms with Gasteiger partial charge in [0.1, 0.15) is 5.82 Å². The van der Waals surface area contributed by atoms with Gasteiger partial charge < -0.3 is 9.84 Å². The summed E-state index contributed by atoms with van der Waals surface area (Å²) in [7, 11) is 0. The van der Waals surface area contributed by atoms with E-state index >= 15 is 0 Å². The van der Waals surface area contributed by atoms with Crippen LogP contribution in [0.1, 0.15) is 39.2 Å². The Bertz CT molecular complexity index is 515. The fourth-order valence-corrected chi connectivity index (χ4v) is 2.29. The van der Waals surface area contributed by atoms with Gasteiger partial charge in [-0.25, -0.2) is 4.39 Å². The van der Waals surface area contributed by atoms with E-state index < -0.39 is 23.2 Å². The summed E-state index contributed by atoms with van der Waals surface area (Å²) in [5, 5.41) is 9.69. The molecule has 0 aliphatic rings. The first-order valence-corrected chi connectivity index (χ1v) is 7.05. The van der Waals surface area contributed by atoms with Gasteiger partial charge in [0.25, 0.3) is 0 Å². The number of aliphatic carboxylic acids is 1. The van der Waals surface area contributed by atoms with Crippen molar-refractivity contribution in [1.29, 1.82) is 0 Å². The molecule has 1 rings (SSSR count). The molecule has 0 bridgehead atoms. The zero-order chi connectivity index (χ0) is 16.0. The summed E-state index contributed by atoms with van der Waals surface area (Å²) in [6, 6.07) is 5.16. The fourth-order valence-electron chi connectivity index (χ4n) is 2.29. The monoisotopic (exact) mass is 296 g/mol. The molecule has 0 aromatic heterocycles. The lowest BCUT2D eigenvalue weighted by molar-refractivity contribution is -0.162. The summed E-state index contributed by atoms with van der Waals surface area (Å²) in [5.41, 5.74) is -1.75. The zero-order valence-corrected chi connectivity index (χ0v) is 12.6. The number of rotatable bonds is 7. The van der Waals surface area contributed by atoms with Crippen LogP contribution in [0.4, 0.5) is 4.39 Å². The maximum Gasteiger partial charge on any atom is 0.328 e. The van der Waals surface area contributed by atoms with Crippen molar-refractivity contribution in [3.63, 3.8) is 0 Å². The van der Waals surface area contributed by atoms with E-state index in [0.717, 1.165) is 6.07 Å². The topological polar surface area (TPSA) is 63.6 Å². The lowest BCUT2D eigenvalue weighted by Crippen LogP contribution is -2.46. The molecule has 0 radical (unpaired) electrons. The molecule has 1 N–H and O–H groups in total. The Hall–Kier alpha value is -1.91. The number of carboxylic acids is 1. The molecular formula is C16H21FO4. The van der Waals surface area contributed by atoms with Crippen molar-refractivity contribution >= 4 is 11.9 Å². The largest absolute Gasteiger partial charge is 0.480 e. The molecule has 0 saturated heterocycles. The van der Waals surface area contributed by atoms with E-state index in [2.05, 4.69) is 0 Å². The highest BCUT2D eigenvalue weighted by atomic mass is 19.1. The van der Waals surface area contributed by atoms with E-state index in [4.69, 9.17) is 4.74 Å². The van der Waals surface area contributed by atoms with Gasteiger partial charge in [0.2, 0.25) is 0 Å². The number of carbonyl (C=O) groups is 2. The number of carbonyl (C=O) groups excluding carboxylic acids is 1. The standard InChI is InChI=1S/C16H21FO4/c1-4-11(3)10-16(14(18)19,15(20)21-5-2)12-7-6-8-13(17)9-12/h6-9,11H,4-5,10H2,1-3H3,(H,18,19). The molecule has 2 atom stereocenters. The fraction of sp³-hybridized carbons (Fsp3) is 0.500. The molecule has 0 aliphatic carbocycles. The number of hydrogen-bond acceptors (Lipinski definition) is 3. The van der Waals surface area contributed by atoms with Crippen LogP contribution < -0.4 is 0 Å². The van der Waals surface area contributed by atoms with Crippen LogP contribution in [0.3, 0.4) is 0 Å². The van der Waals surface area contributed by atoms with Gasteiger partial charge in [0.15, 0.2) is 5.41 Å². The van der Waals surface area contributed by atoms with Crippen LogP contribution in [-0.2, 0) is 19.7 Å². The average molecular weight is 296 g/mol. The smallest absolute Gasteiger partial charge is 0.328 e. The number of halogens is 1. The van der Waals surface area contributed by atoms with Crippen LogP contribution in [-0.4, -0.2) is 23.7 Å². The molecule has 0 heterocycles. The molecule has 21 heavy (non-hydrogen) atoms. The van der Waals surface area contributed by atoms with Gasteiger partial charge in [-0.15, -0.1) is 0 Å². The van der Waals surface area contributed by atoms with Crippen LogP contribution in [0.2, 0.25) is 0 Å². The third-order valence-corrected chi connectivity index (χ3v) is 3.66. The Labute approximate surface area is 123 Å². The molecule has 0 saturated carbocycles. The van der Waals surface area contributed by atoms with Crippen molar-refractivity contribution in [2.45, 2.75) is 39.0 Å². The second kappa shape index (κ2) is 7.20. The van der Waals surface area contributed by atoms with Gasteiger partial charge in [0.05, 0.1) is 6.61 Å². The highest BCUT2D eigenvalue weighted by molar-refractivity contribution is 6.05. The molecule has 0 spiro atoms. The summed E-state index contributed by atoms with van der Waals surface area (Å²) in [6.45, 7) is 5.45. The first-order chi connectivity index (χ1) is 9.88. The van der Waals surface area contributed by atoms with Crippen molar-refractivity contribution in [3.05, 3.63) is 35.6 Å². The number of esters is 1. The third-order valence-electron chi connectivity index (χ3n) is 3.66. The minimum absolute atomic E-state index is 0.0197. The third kappa shape index (κ3) is 3.60. The van der Waals surface area contributed by atoms with Crippen molar-refractivity contribution in [2.75, 3.05) is 6.61 Å². The molecule has 1 aromatic carbocycles. The van der Waals surface area contributed by atoms with Gasteiger partial charge in [-0.3, -0.25) is 9.59 Å². The lowest BCUT2D eigenvalue weighted by Gasteiger charge is -2.30. The Kier molecular flexibility index (Phi) is 5.88. The van der Waals surface area contributed by atoms with Crippen LogP contribution in [0.25, 0.3) is 0 Å². The van der Waals surface area contributed by atoms with Gasteiger partial charge in [-0.1, -0.05) is 32.4 Å². The van der Waals surface area contributed by atoms with Crippen LogP contribution >= 0.6 is 0 Å². The quantitative estimate of drug-likeness (QED) is 0.620. The zero-order valence-electron chi connectivity index (χ0n) is 12.6. The second-order valence-corrected chi connectivity index (χ2v) is 5.16. The number of hydrogen-bond donors (Lipinski definition) is 1. The Balaban J connectivity index is 3.43. The first-order valence-electron chi connectivity index (χ1n) is 7.05. The van der Waals surface area contributed by atoms with Crippen molar-refractivity contribution in [1.82, 2.24) is 0 Å². The molecule has 0 fully saturated rings. The van der Waals surface area contributed by atoms with E-state index in [0.29, 0.717) is 6.42 Å². The van der Waals surface area contributed by atoms with Crippen molar-refractivity contribution < 1.29 is 23.8 Å². The van der Waals surface area contributed by atoms with Crippen molar-refractivity contribution in [2.24, 2.45) is 5.92 Å². The van der Waals surface area contributed by atoms with Gasteiger partial charge in [0, 0.05) is 0 Å². The van der Waals surface area contributed by atoms with Crippen LogP contribution in [0, 0.1) is 11.7 Å². The molecule has 5 heteroatoms. The number of benzene rings is 1. The molecule has 2 unspecified atom stereocenters. The Morgan fingerprint density at radius 1 is 1.38 bits per heavy atom. The molecule has 116 valence electrons. The van der Waals surface area contributed by atoms with E-state index in [1.165, 1.54) is 18.2 Å². The number of carboxylic acid groups (broad SMARTS) is 1. The molecule has 4 nitrogen and oxygen atoms in total. The summed E-state index contributed by atoms with van der Waals surface area (Å²) in [5.74, 6) is -2.75. The van der Waals surface area contributed by atoms with E-state index in [9.17, 15) is 19.1 Å². The number of ether oxygens (including phenoxy) is 1. The predicted molar refractivity (Wildman–Crippen MR) is 76.4 cm³/mol. The Morgan fingerprint density at radius 2 is 2.05 bits per heavy atom. The van der Waals surface area contributed by atoms with Crippen molar-refractivity contribution in [3.8, 4) is 0 Å². The summed E-state index contributed by atoms with van der Waals surface area (Å²) >= 11 is 0. The second-order valence-electron chi connectivity index (χ2n) is 5.16. The van der Waals surface area contributed by atoms with Gasteiger partial charge in [-0.2, -0.15) is 0 Å². The molecular weight excluding hydrogens is 275 g/mol. The normalized spacial score (nSPS) is 15.0. The van der Waals surface area contributed by atoms with E-state index in [-0.39, 0.29) is 24.5 Å². The van der Waals surface area contributed by atoms with E-state index in [1.807, 2.05) is 13.8 Å².